The summed E-state index contributed by atoms with van der Waals surface area (Å²) < 4.78 is 19.4. The zero-order valence-corrected chi connectivity index (χ0v) is 17.0. The summed E-state index contributed by atoms with van der Waals surface area (Å²) in [5.74, 6) is 2.03. The largest absolute Gasteiger partial charge is 0.491 e. The Bertz CT molecular complexity index is 642. The molecule has 0 spiro atoms. The maximum Gasteiger partial charge on any atom is 0.159 e. The van der Waals surface area contributed by atoms with Crippen LogP contribution in [0, 0.1) is 5.92 Å². The molecule has 0 aliphatic heterocycles. The molecule has 27 heavy (non-hydrogen) atoms. The van der Waals surface area contributed by atoms with Crippen molar-refractivity contribution in [2.24, 2.45) is 5.92 Å². The van der Waals surface area contributed by atoms with E-state index in [-0.39, 0.29) is 6.61 Å². The van der Waals surface area contributed by atoms with Crippen LogP contribution in [0.15, 0.2) is 36.7 Å². The monoisotopic (exact) mass is 372 g/mol. The second-order valence-electron chi connectivity index (χ2n) is 7.41. The summed E-state index contributed by atoms with van der Waals surface area (Å²) in [6.45, 7) is 6.71. The number of hydrogen-bond acceptors (Lipinski definition) is 3. The molecule has 0 amide bonds. The van der Waals surface area contributed by atoms with Gasteiger partial charge in [0, 0.05) is 18.0 Å². The molecule has 1 heterocycles. The van der Waals surface area contributed by atoms with Crippen molar-refractivity contribution in [3.63, 3.8) is 0 Å². The lowest BCUT2D eigenvalue weighted by Gasteiger charge is -2.11. The molecule has 0 radical (unpaired) electrons. The van der Waals surface area contributed by atoms with E-state index in [4.69, 9.17) is 4.74 Å². The van der Waals surface area contributed by atoms with Crippen molar-refractivity contribution in [1.82, 2.24) is 9.97 Å². The van der Waals surface area contributed by atoms with Gasteiger partial charge in [-0.25, -0.2) is 14.4 Å². The van der Waals surface area contributed by atoms with E-state index in [1.807, 2.05) is 36.7 Å². The molecule has 3 nitrogen and oxygen atoms in total. The summed E-state index contributed by atoms with van der Waals surface area (Å²) in [6.07, 6.45) is 10.0. The van der Waals surface area contributed by atoms with Crippen LogP contribution in [-0.4, -0.2) is 22.7 Å². The Balaban J connectivity index is 1.82. The highest BCUT2D eigenvalue weighted by atomic mass is 19.1. The first-order valence-electron chi connectivity index (χ1n) is 10.3. The van der Waals surface area contributed by atoms with Gasteiger partial charge in [-0.3, -0.25) is 0 Å². The Hall–Kier alpha value is -1.97. The maximum absolute atomic E-state index is 13.9. The highest BCUT2D eigenvalue weighted by Gasteiger charge is 2.08. The van der Waals surface area contributed by atoms with Crippen LogP contribution in [0.2, 0.25) is 0 Å². The molecule has 0 fully saturated rings. The molecular formula is C23H33FN2O. The van der Waals surface area contributed by atoms with E-state index in [2.05, 4.69) is 30.7 Å². The molecule has 1 aromatic carbocycles. The third-order valence-corrected chi connectivity index (χ3v) is 4.90. The molecule has 0 saturated carbocycles. The van der Waals surface area contributed by atoms with Crippen LogP contribution >= 0.6 is 0 Å². The number of ether oxygens (including phenoxy) is 1. The standard InChI is InChI=1S/C23H33FN2O/c1-4-6-7-8-9-21(24)17-27-22-12-10-20(11-13-22)23-25-15-19(16-26-23)14-18(3)5-2/h10-13,15-16,18,21H,4-9,14,17H2,1-3H3. The van der Waals surface area contributed by atoms with Gasteiger partial charge in [0.15, 0.2) is 5.82 Å². The van der Waals surface area contributed by atoms with Gasteiger partial charge >= 0.3 is 0 Å². The first kappa shape index (κ1) is 21.3. The molecule has 2 aromatic rings. The lowest BCUT2D eigenvalue weighted by Crippen LogP contribution is -2.12. The maximum atomic E-state index is 13.9. The number of rotatable bonds is 12. The van der Waals surface area contributed by atoms with E-state index < -0.39 is 6.17 Å². The molecule has 2 atom stereocenters. The first-order valence-corrected chi connectivity index (χ1v) is 10.3. The van der Waals surface area contributed by atoms with Gasteiger partial charge in [-0.2, -0.15) is 0 Å². The molecule has 2 unspecified atom stereocenters. The van der Waals surface area contributed by atoms with E-state index >= 15 is 0 Å². The molecule has 0 aliphatic carbocycles. The van der Waals surface area contributed by atoms with E-state index in [1.54, 1.807) is 0 Å². The Labute approximate surface area is 163 Å². The average Bonchev–Trinajstić information content (AvgIpc) is 2.70. The van der Waals surface area contributed by atoms with Gasteiger partial charge in [0.1, 0.15) is 18.5 Å². The van der Waals surface area contributed by atoms with Crippen molar-refractivity contribution in [2.45, 2.75) is 71.9 Å². The van der Waals surface area contributed by atoms with Crippen LogP contribution in [0.1, 0.15) is 64.9 Å². The van der Waals surface area contributed by atoms with E-state index in [9.17, 15) is 4.39 Å². The lowest BCUT2D eigenvalue weighted by atomic mass is 10.0. The Morgan fingerprint density at radius 2 is 1.70 bits per heavy atom. The van der Waals surface area contributed by atoms with Gasteiger partial charge in [-0.15, -0.1) is 0 Å². The molecule has 148 valence electrons. The molecule has 0 bridgehead atoms. The molecule has 2 rings (SSSR count). The molecule has 0 aliphatic rings. The van der Waals surface area contributed by atoms with Gasteiger partial charge in [-0.05, 0) is 48.6 Å². The second kappa shape index (κ2) is 11.7. The SMILES string of the molecule is CCCCCCC(F)COc1ccc(-c2ncc(CC(C)CC)cn2)cc1. The van der Waals surface area contributed by atoms with Crippen LogP contribution in [0.3, 0.4) is 0 Å². The van der Waals surface area contributed by atoms with Crippen LogP contribution in [0.5, 0.6) is 5.75 Å². The second-order valence-corrected chi connectivity index (χ2v) is 7.41. The third-order valence-electron chi connectivity index (χ3n) is 4.90. The number of alkyl halides is 1. The van der Waals surface area contributed by atoms with Crippen molar-refractivity contribution in [2.75, 3.05) is 6.61 Å². The molecule has 1 aromatic heterocycles. The summed E-state index contributed by atoms with van der Waals surface area (Å²) in [4.78, 5) is 8.95. The lowest BCUT2D eigenvalue weighted by molar-refractivity contribution is 0.184. The van der Waals surface area contributed by atoms with Crippen LogP contribution in [0.4, 0.5) is 4.39 Å². The highest BCUT2D eigenvalue weighted by molar-refractivity contribution is 5.55. The Kier molecular flexibility index (Phi) is 9.23. The van der Waals surface area contributed by atoms with E-state index in [0.717, 1.165) is 31.2 Å². The fraction of sp³-hybridized carbons (Fsp3) is 0.565. The first-order chi connectivity index (χ1) is 13.1. The molecular weight excluding hydrogens is 339 g/mol. The third kappa shape index (κ3) is 7.66. The van der Waals surface area contributed by atoms with Crippen molar-refractivity contribution < 1.29 is 9.13 Å². The quantitative estimate of drug-likeness (QED) is 0.403. The number of benzene rings is 1. The van der Waals surface area contributed by atoms with Crippen molar-refractivity contribution in [3.05, 3.63) is 42.2 Å². The highest BCUT2D eigenvalue weighted by Crippen LogP contribution is 2.20. The summed E-state index contributed by atoms with van der Waals surface area (Å²) in [6, 6.07) is 7.56. The van der Waals surface area contributed by atoms with Crippen LogP contribution < -0.4 is 4.74 Å². The topological polar surface area (TPSA) is 35.0 Å². The minimum atomic E-state index is -0.900. The number of nitrogens with zero attached hydrogens (tertiary/aromatic N) is 2. The van der Waals surface area contributed by atoms with Crippen molar-refractivity contribution >= 4 is 0 Å². The predicted octanol–water partition coefficient (Wildman–Crippen LogP) is 6.42. The summed E-state index contributed by atoms with van der Waals surface area (Å²) in [7, 11) is 0. The van der Waals surface area contributed by atoms with Gasteiger partial charge in [-0.1, -0.05) is 52.9 Å². The molecule has 0 N–H and O–H groups in total. The van der Waals surface area contributed by atoms with Crippen molar-refractivity contribution in [3.8, 4) is 17.1 Å². The summed E-state index contributed by atoms with van der Waals surface area (Å²) in [5, 5.41) is 0. The van der Waals surface area contributed by atoms with Crippen molar-refractivity contribution in [1.29, 1.82) is 0 Å². The van der Waals surface area contributed by atoms with Gasteiger partial charge < -0.3 is 4.74 Å². The number of unbranched alkanes of at least 4 members (excludes halogenated alkanes) is 3. The number of aromatic nitrogens is 2. The fourth-order valence-electron chi connectivity index (χ4n) is 2.92. The van der Waals surface area contributed by atoms with Crippen LogP contribution in [-0.2, 0) is 6.42 Å². The normalized spacial score (nSPS) is 13.3. The predicted molar refractivity (Wildman–Crippen MR) is 110 cm³/mol. The Morgan fingerprint density at radius 3 is 2.33 bits per heavy atom. The van der Waals surface area contributed by atoms with Gasteiger partial charge in [0.25, 0.3) is 0 Å². The summed E-state index contributed by atoms with van der Waals surface area (Å²) >= 11 is 0. The summed E-state index contributed by atoms with van der Waals surface area (Å²) in [5.41, 5.74) is 2.11. The minimum Gasteiger partial charge on any atom is -0.491 e. The van der Waals surface area contributed by atoms with E-state index in [0.29, 0.717) is 23.9 Å². The van der Waals surface area contributed by atoms with Crippen LogP contribution in [0.25, 0.3) is 11.4 Å². The molecule has 4 heteroatoms. The molecule has 0 saturated heterocycles. The zero-order chi connectivity index (χ0) is 19.5. The average molecular weight is 373 g/mol. The number of hydrogen-bond donors (Lipinski definition) is 0. The zero-order valence-electron chi connectivity index (χ0n) is 17.0. The fourth-order valence-corrected chi connectivity index (χ4v) is 2.92. The Morgan fingerprint density at radius 1 is 1.00 bits per heavy atom. The number of halogens is 1. The van der Waals surface area contributed by atoms with Gasteiger partial charge in [0.05, 0.1) is 0 Å². The minimum absolute atomic E-state index is 0.117. The van der Waals surface area contributed by atoms with Gasteiger partial charge in [0.2, 0.25) is 0 Å². The van der Waals surface area contributed by atoms with E-state index in [1.165, 1.54) is 18.4 Å². The smallest absolute Gasteiger partial charge is 0.159 e.